The molecule has 0 bridgehead atoms. The molecule has 0 aliphatic carbocycles. The van der Waals surface area contributed by atoms with Crippen LogP contribution >= 0.6 is 15.9 Å². The van der Waals surface area contributed by atoms with E-state index in [0.717, 1.165) is 31.6 Å². The van der Waals surface area contributed by atoms with Gasteiger partial charge in [-0.15, -0.1) is 0 Å². The molecule has 1 aliphatic rings. The first-order valence-electron chi connectivity index (χ1n) is 7.79. The zero-order valence-electron chi connectivity index (χ0n) is 12.9. The van der Waals surface area contributed by atoms with Crippen LogP contribution in [0.15, 0.2) is 15.5 Å². The molecule has 21 heavy (non-hydrogen) atoms. The second-order valence-corrected chi connectivity index (χ2v) is 6.70. The van der Waals surface area contributed by atoms with Crippen molar-refractivity contribution in [1.29, 1.82) is 0 Å². The average molecular weight is 357 g/mol. The number of piperidine rings is 1. The molecule has 0 spiro atoms. The quantitative estimate of drug-likeness (QED) is 0.850. The molecule has 0 aromatic carbocycles. The molecule has 2 heterocycles. The van der Waals surface area contributed by atoms with E-state index in [9.17, 15) is 4.79 Å². The molecule has 1 atom stereocenters. The monoisotopic (exact) mass is 356 g/mol. The maximum Gasteiger partial charge on any atom is 0.283 e. The summed E-state index contributed by atoms with van der Waals surface area (Å²) < 4.78 is 2.13. The van der Waals surface area contributed by atoms with Gasteiger partial charge in [0, 0.05) is 19.6 Å². The standard InChI is InChI=1S/C15H25BrN4O/c1-3-4-8-20-15(21)14(16)13(10-18-20)17-9-12-6-5-7-19(2)11-12/h10,12,17H,3-9,11H2,1-2H3. The topological polar surface area (TPSA) is 50.2 Å². The number of likely N-dealkylation sites (tertiary alicyclic amines) is 1. The summed E-state index contributed by atoms with van der Waals surface area (Å²) in [7, 11) is 2.17. The number of rotatable bonds is 6. The number of aromatic nitrogens is 2. The second-order valence-electron chi connectivity index (χ2n) is 5.91. The maximum atomic E-state index is 12.2. The van der Waals surface area contributed by atoms with Crippen LogP contribution in [-0.4, -0.2) is 41.4 Å². The highest BCUT2D eigenvalue weighted by molar-refractivity contribution is 9.10. The minimum absolute atomic E-state index is 0.0470. The molecular weight excluding hydrogens is 332 g/mol. The molecule has 118 valence electrons. The Bertz CT molecular complexity index is 517. The third-order valence-electron chi connectivity index (χ3n) is 4.01. The van der Waals surface area contributed by atoms with Crippen LogP contribution in [0.2, 0.25) is 0 Å². The van der Waals surface area contributed by atoms with Gasteiger partial charge in [-0.25, -0.2) is 4.68 Å². The molecule has 2 rings (SSSR count). The molecular formula is C15H25BrN4O. The first kappa shape index (κ1) is 16.5. The summed E-state index contributed by atoms with van der Waals surface area (Å²) in [5.41, 5.74) is 0.759. The van der Waals surface area contributed by atoms with Gasteiger partial charge in [-0.2, -0.15) is 5.10 Å². The molecule has 1 N–H and O–H groups in total. The van der Waals surface area contributed by atoms with E-state index in [1.807, 2.05) is 0 Å². The van der Waals surface area contributed by atoms with Gasteiger partial charge in [-0.1, -0.05) is 13.3 Å². The fourth-order valence-electron chi connectivity index (χ4n) is 2.75. The molecule has 0 radical (unpaired) electrons. The minimum Gasteiger partial charge on any atom is -0.382 e. The van der Waals surface area contributed by atoms with Gasteiger partial charge >= 0.3 is 0 Å². The van der Waals surface area contributed by atoms with Crippen molar-refractivity contribution in [2.75, 3.05) is 32.0 Å². The zero-order valence-corrected chi connectivity index (χ0v) is 14.5. The SMILES string of the molecule is CCCCn1ncc(NCC2CCCN(C)C2)c(Br)c1=O. The van der Waals surface area contributed by atoms with E-state index in [1.165, 1.54) is 24.1 Å². The van der Waals surface area contributed by atoms with Crippen LogP contribution in [0.1, 0.15) is 32.6 Å². The van der Waals surface area contributed by atoms with Crippen LogP contribution < -0.4 is 10.9 Å². The molecule has 6 heteroatoms. The van der Waals surface area contributed by atoms with E-state index in [0.29, 0.717) is 16.9 Å². The fraction of sp³-hybridized carbons (Fsp3) is 0.733. The summed E-state index contributed by atoms with van der Waals surface area (Å²) in [5, 5.41) is 7.63. The van der Waals surface area contributed by atoms with Crippen molar-refractivity contribution in [3.63, 3.8) is 0 Å². The zero-order chi connectivity index (χ0) is 15.2. The molecule has 1 aliphatic heterocycles. The molecule has 0 amide bonds. The number of halogens is 1. The maximum absolute atomic E-state index is 12.2. The van der Waals surface area contributed by atoms with Gasteiger partial charge < -0.3 is 10.2 Å². The molecule has 1 saturated heterocycles. The predicted octanol–water partition coefficient (Wildman–Crippen LogP) is 2.56. The number of hydrogen-bond donors (Lipinski definition) is 1. The molecule has 1 aromatic heterocycles. The summed E-state index contributed by atoms with van der Waals surface area (Å²) in [5.74, 6) is 0.637. The van der Waals surface area contributed by atoms with E-state index in [1.54, 1.807) is 6.20 Å². The summed E-state index contributed by atoms with van der Waals surface area (Å²) in [6.45, 7) is 5.99. The van der Waals surface area contributed by atoms with E-state index in [4.69, 9.17) is 0 Å². The summed E-state index contributed by atoms with van der Waals surface area (Å²) in [6, 6.07) is 0. The van der Waals surface area contributed by atoms with E-state index in [-0.39, 0.29) is 5.56 Å². The second kappa shape index (κ2) is 7.94. The number of anilines is 1. The fourth-order valence-corrected chi connectivity index (χ4v) is 3.20. The summed E-state index contributed by atoms with van der Waals surface area (Å²) in [4.78, 5) is 14.6. The van der Waals surface area contributed by atoms with Crippen molar-refractivity contribution >= 4 is 21.6 Å². The van der Waals surface area contributed by atoms with Gasteiger partial charge in [0.2, 0.25) is 0 Å². The lowest BCUT2D eigenvalue weighted by molar-refractivity contribution is 0.217. The van der Waals surface area contributed by atoms with Gasteiger partial charge in [0.05, 0.1) is 11.9 Å². The number of aryl methyl sites for hydroxylation is 1. The highest BCUT2D eigenvalue weighted by Gasteiger charge is 2.17. The lowest BCUT2D eigenvalue weighted by Gasteiger charge is -2.30. The molecule has 1 unspecified atom stereocenters. The van der Waals surface area contributed by atoms with E-state index in [2.05, 4.69) is 45.2 Å². The lowest BCUT2D eigenvalue weighted by Crippen LogP contribution is -2.35. The first-order chi connectivity index (χ1) is 10.1. The minimum atomic E-state index is -0.0470. The highest BCUT2D eigenvalue weighted by atomic mass is 79.9. The van der Waals surface area contributed by atoms with Gasteiger partial charge in [0.25, 0.3) is 5.56 Å². The van der Waals surface area contributed by atoms with Gasteiger partial charge in [-0.05, 0) is 54.7 Å². The Labute approximate surface area is 134 Å². The Morgan fingerprint density at radius 3 is 3.05 bits per heavy atom. The number of unbranched alkanes of at least 4 members (excludes halogenated alkanes) is 1. The summed E-state index contributed by atoms with van der Waals surface area (Å²) >= 11 is 3.41. The van der Waals surface area contributed by atoms with Crippen molar-refractivity contribution in [3.8, 4) is 0 Å². The van der Waals surface area contributed by atoms with E-state index >= 15 is 0 Å². The average Bonchev–Trinajstić information content (AvgIpc) is 2.48. The van der Waals surface area contributed by atoms with Crippen molar-refractivity contribution < 1.29 is 0 Å². The summed E-state index contributed by atoms with van der Waals surface area (Å²) in [6.07, 6.45) is 6.28. The van der Waals surface area contributed by atoms with Crippen LogP contribution in [0, 0.1) is 5.92 Å². The Kier molecular flexibility index (Phi) is 6.23. The predicted molar refractivity (Wildman–Crippen MR) is 89.8 cm³/mol. The molecule has 0 saturated carbocycles. The number of hydrogen-bond acceptors (Lipinski definition) is 4. The smallest absolute Gasteiger partial charge is 0.283 e. The molecule has 1 fully saturated rings. The van der Waals surface area contributed by atoms with Crippen LogP contribution in [-0.2, 0) is 6.54 Å². The van der Waals surface area contributed by atoms with Crippen LogP contribution in [0.5, 0.6) is 0 Å². The van der Waals surface area contributed by atoms with Crippen LogP contribution in [0.25, 0.3) is 0 Å². The van der Waals surface area contributed by atoms with Crippen molar-refractivity contribution in [1.82, 2.24) is 14.7 Å². The van der Waals surface area contributed by atoms with Gasteiger partial charge in [0.15, 0.2) is 0 Å². The van der Waals surface area contributed by atoms with Crippen molar-refractivity contribution in [3.05, 3.63) is 21.0 Å². The largest absolute Gasteiger partial charge is 0.382 e. The lowest BCUT2D eigenvalue weighted by atomic mass is 9.98. The van der Waals surface area contributed by atoms with Gasteiger partial charge in [0.1, 0.15) is 4.47 Å². The Hall–Kier alpha value is -0.880. The highest BCUT2D eigenvalue weighted by Crippen LogP contribution is 2.19. The third kappa shape index (κ3) is 4.54. The van der Waals surface area contributed by atoms with Crippen molar-refractivity contribution in [2.24, 2.45) is 5.92 Å². The molecule has 1 aromatic rings. The van der Waals surface area contributed by atoms with Crippen molar-refractivity contribution in [2.45, 2.75) is 39.2 Å². The first-order valence-corrected chi connectivity index (χ1v) is 8.59. The third-order valence-corrected chi connectivity index (χ3v) is 4.78. The molecule has 5 nitrogen and oxygen atoms in total. The van der Waals surface area contributed by atoms with Crippen LogP contribution in [0.4, 0.5) is 5.69 Å². The van der Waals surface area contributed by atoms with Crippen LogP contribution in [0.3, 0.4) is 0 Å². The Balaban J connectivity index is 1.97. The normalized spacial score (nSPS) is 19.7. The van der Waals surface area contributed by atoms with E-state index < -0.39 is 0 Å². The number of nitrogens with zero attached hydrogens (tertiary/aromatic N) is 3. The Morgan fingerprint density at radius 2 is 2.33 bits per heavy atom. The van der Waals surface area contributed by atoms with Gasteiger partial charge in [-0.3, -0.25) is 4.79 Å². The number of nitrogens with one attached hydrogen (secondary N) is 1. The Morgan fingerprint density at radius 1 is 1.52 bits per heavy atom.